The molecular weight excluding hydrogens is 256 g/mol. The van der Waals surface area contributed by atoms with E-state index in [1.807, 2.05) is 0 Å². The lowest BCUT2D eigenvalue weighted by Gasteiger charge is -2.08. The Morgan fingerprint density at radius 3 is 2.89 bits per heavy atom. The maximum Gasteiger partial charge on any atom is 0.212 e. The largest absolute Gasteiger partial charge is 0.485 e. The number of ketones is 1. The van der Waals surface area contributed by atoms with Crippen molar-refractivity contribution < 1.29 is 9.53 Å². The molecule has 18 heavy (non-hydrogen) atoms. The van der Waals surface area contributed by atoms with Crippen LogP contribution >= 0.6 is 11.6 Å². The van der Waals surface area contributed by atoms with Crippen molar-refractivity contribution in [2.24, 2.45) is 7.05 Å². The molecule has 0 spiro atoms. The molecule has 1 heterocycles. The normalized spacial score (nSPS) is 10.4. The molecule has 0 aliphatic carbocycles. The Balaban J connectivity index is 2.16. The molecule has 0 N–H and O–H groups in total. The Labute approximate surface area is 109 Å². The van der Waals surface area contributed by atoms with Crippen LogP contribution in [0.2, 0.25) is 5.02 Å². The molecule has 0 saturated carbocycles. The molecule has 6 nitrogen and oxygen atoms in total. The summed E-state index contributed by atoms with van der Waals surface area (Å²) in [5, 5.41) is 11.9. The maximum atomic E-state index is 11.4. The minimum Gasteiger partial charge on any atom is -0.485 e. The van der Waals surface area contributed by atoms with E-state index in [-0.39, 0.29) is 12.4 Å². The Morgan fingerprint density at radius 1 is 1.50 bits per heavy atom. The van der Waals surface area contributed by atoms with Gasteiger partial charge in [-0.25, -0.2) is 0 Å². The Hall–Kier alpha value is -1.95. The molecule has 2 rings (SSSR count). The van der Waals surface area contributed by atoms with Crippen LogP contribution < -0.4 is 4.74 Å². The second kappa shape index (κ2) is 5.14. The second-order valence-electron chi connectivity index (χ2n) is 3.68. The van der Waals surface area contributed by atoms with Crippen molar-refractivity contribution in [3.05, 3.63) is 34.6 Å². The lowest BCUT2D eigenvalue weighted by Crippen LogP contribution is -2.03. The highest BCUT2D eigenvalue weighted by molar-refractivity contribution is 6.31. The van der Waals surface area contributed by atoms with Crippen molar-refractivity contribution in [3.8, 4) is 5.75 Å². The lowest BCUT2D eigenvalue weighted by molar-refractivity contribution is 0.101. The molecule has 2 aromatic rings. The molecule has 0 fully saturated rings. The van der Waals surface area contributed by atoms with E-state index < -0.39 is 0 Å². The minimum atomic E-state index is -0.111. The number of hydrogen-bond donors (Lipinski definition) is 0. The van der Waals surface area contributed by atoms with Crippen molar-refractivity contribution in [1.82, 2.24) is 20.2 Å². The first kappa shape index (κ1) is 12.5. The highest BCUT2D eigenvalue weighted by Crippen LogP contribution is 2.23. The van der Waals surface area contributed by atoms with Gasteiger partial charge in [0.2, 0.25) is 5.82 Å². The monoisotopic (exact) mass is 266 g/mol. The molecule has 0 aliphatic rings. The van der Waals surface area contributed by atoms with Crippen LogP contribution in [-0.2, 0) is 13.7 Å². The summed E-state index contributed by atoms with van der Waals surface area (Å²) >= 11 is 5.84. The molecule has 7 heteroatoms. The van der Waals surface area contributed by atoms with Crippen LogP contribution in [-0.4, -0.2) is 26.0 Å². The molecule has 94 valence electrons. The number of rotatable bonds is 4. The number of hydrogen-bond acceptors (Lipinski definition) is 5. The van der Waals surface area contributed by atoms with Crippen LogP contribution in [0.15, 0.2) is 18.2 Å². The zero-order valence-corrected chi connectivity index (χ0v) is 10.7. The van der Waals surface area contributed by atoms with Gasteiger partial charge >= 0.3 is 0 Å². The first-order valence-corrected chi connectivity index (χ1v) is 5.60. The fourth-order valence-corrected chi connectivity index (χ4v) is 1.60. The minimum absolute atomic E-state index is 0.111. The van der Waals surface area contributed by atoms with Gasteiger partial charge in [-0.15, -0.1) is 10.2 Å². The number of carbonyl (C=O) groups excluding carboxylic acids is 1. The van der Waals surface area contributed by atoms with Gasteiger partial charge in [-0.1, -0.05) is 11.6 Å². The SMILES string of the molecule is CC(=O)c1cc(Cl)ccc1OCc1nnn(C)n1. The first-order chi connectivity index (χ1) is 8.56. The quantitative estimate of drug-likeness (QED) is 0.787. The summed E-state index contributed by atoms with van der Waals surface area (Å²) in [6.07, 6.45) is 0. The standard InChI is InChI=1S/C11H11ClN4O2/c1-7(17)9-5-8(12)3-4-10(9)18-6-11-13-15-16(2)14-11/h3-5H,6H2,1-2H3. The zero-order valence-electron chi connectivity index (χ0n) is 9.92. The molecule has 1 aromatic carbocycles. The van der Waals surface area contributed by atoms with Crippen LogP contribution in [0.3, 0.4) is 0 Å². The van der Waals surface area contributed by atoms with Gasteiger partial charge in [0, 0.05) is 5.02 Å². The number of aryl methyl sites for hydroxylation is 1. The van der Waals surface area contributed by atoms with Crippen molar-refractivity contribution >= 4 is 17.4 Å². The summed E-state index contributed by atoms with van der Waals surface area (Å²) in [5.41, 5.74) is 0.436. The number of aromatic nitrogens is 4. The van der Waals surface area contributed by atoms with E-state index in [0.29, 0.717) is 22.2 Å². The van der Waals surface area contributed by atoms with E-state index in [0.717, 1.165) is 0 Å². The van der Waals surface area contributed by atoms with Crippen molar-refractivity contribution in [2.45, 2.75) is 13.5 Å². The fraction of sp³-hybridized carbons (Fsp3) is 0.273. The van der Waals surface area contributed by atoms with Crippen LogP contribution in [0, 0.1) is 0 Å². The number of ether oxygens (including phenoxy) is 1. The van der Waals surface area contributed by atoms with Crippen molar-refractivity contribution in [3.63, 3.8) is 0 Å². The van der Waals surface area contributed by atoms with E-state index in [9.17, 15) is 4.79 Å². The fourth-order valence-electron chi connectivity index (χ4n) is 1.43. The topological polar surface area (TPSA) is 69.9 Å². The zero-order chi connectivity index (χ0) is 13.1. The Bertz CT molecular complexity index is 582. The van der Waals surface area contributed by atoms with E-state index >= 15 is 0 Å². The third-order valence-corrected chi connectivity index (χ3v) is 2.46. The molecule has 0 bridgehead atoms. The van der Waals surface area contributed by atoms with Gasteiger partial charge in [0.15, 0.2) is 12.4 Å². The summed E-state index contributed by atoms with van der Waals surface area (Å²) < 4.78 is 5.50. The van der Waals surface area contributed by atoms with Gasteiger partial charge in [-0.05, 0) is 30.3 Å². The van der Waals surface area contributed by atoms with E-state index in [1.165, 1.54) is 11.7 Å². The van der Waals surface area contributed by atoms with E-state index in [1.54, 1.807) is 25.2 Å². The van der Waals surface area contributed by atoms with Gasteiger partial charge in [0.05, 0.1) is 12.6 Å². The van der Waals surface area contributed by atoms with Crippen molar-refractivity contribution in [1.29, 1.82) is 0 Å². The van der Waals surface area contributed by atoms with Crippen LogP contribution in [0.4, 0.5) is 0 Å². The third-order valence-electron chi connectivity index (χ3n) is 2.23. The average molecular weight is 267 g/mol. The summed E-state index contributed by atoms with van der Waals surface area (Å²) in [7, 11) is 1.67. The molecule has 0 unspecified atom stereocenters. The molecular formula is C11H11ClN4O2. The highest BCUT2D eigenvalue weighted by Gasteiger charge is 2.10. The van der Waals surface area contributed by atoms with E-state index in [4.69, 9.17) is 16.3 Å². The summed E-state index contributed by atoms with van der Waals surface area (Å²) in [6, 6.07) is 4.88. The predicted molar refractivity (Wildman–Crippen MR) is 64.6 cm³/mol. The number of tetrazole rings is 1. The van der Waals surface area contributed by atoms with Gasteiger partial charge < -0.3 is 4.74 Å². The maximum absolute atomic E-state index is 11.4. The lowest BCUT2D eigenvalue weighted by atomic mass is 10.1. The van der Waals surface area contributed by atoms with Gasteiger partial charge in [-0.3, -0.25) is 4.79 Å². The molecule has 1 aromatic heterocycles. The van der Waals surface area contributed by atoms with Gasteiger partial charge in [0.25, 0.3) is 0 Å². The smallest absolute Gasteiger partial charge is 0.212 e. The number of Topliss-reactive ketones (excluding diaryl/α,β-unsaturated/α-hetero) is 1. The summed E-state index contributed by atoms with van der Waals surface area (Å²) in [5.74, 6) is 0.793. The summed E-state index contributed by atoms with van der Waals surface area (Å²) in [4.78, 5) is 12.8. The van der Waals surface area contributed by atoms with Crippen LogP contribution in [0.5, 0.6) is 5.75 Å². The Kier molecular flexibility index (Phi) is 3.57. The molecule has 0 saturated heterocycles. The van der Waals surface area contributed by atoms with Crippen LogP contribution in [0.1, 0.15) is 23.1 Å². The highest BCUT2D eigenvalue weighted by atomic mass is 35.5. The third kappa shape index (κ3) is 2.84. The number of nitrogens with zero attached hydrogens (tertiary/aromatic N) is 4. The van der Waals surface area contributed by atoms with E-state index in [2.05, 4.69) is 15.4 Å². The molecule has 0 radical (unpaired) electrons. The van der Waals surface area contributed by atoms with Crippen LogP contribution in [0.25, 0.3) is 0 Å². The Morgan fingerprint density at radius 2 is 2.28 bits per heavy atom. The summed E-state index contributed by atoms with van der Waals surface area (Å²) in [6.45, 7) is 1.61. The second-order valence-corrected chi connectivity index (χ2v) is 4.12. The first-order valence-electron chi connectivity index (χ1n) is 5.22. The predicted octanol–water partition coefficient (Wildman–Crippen LogP) is 1.65. The molecule has 0 aliphatic heterocycles. The van der Waals surface area contributed by atoms with Crippen molar-refractivity contribution in [2.75, 3.05) is 0 Å². The molecule has 0 amide bonds. The average Bonchev–Trinajstić information content (AvgIpc) is 2.73. The number of halogens is 1. The van der Waals surface area contributed by atoms with Gasteiger partial charge in [0.1, 0.15) is 5.75 Å². The van der Waals surface area contributed by atoms with Gasteiger partial charge in [-0.2, -0.15) is 4.80 Å². The molecule has 0 atom stereocenters. The number of carbonyl (C=O) groups is 1. The number of benzene rings is 1.